The highest BCUT2D eigenvalue weighted by molar-refractivity contribution is 5.78. The molecule has 0 amide bonds. The van der Waals surface area contributed by atoms with Gasteiger partial charge in [-0.15, -0.1) is 15.0 Å². The molecule has 0 aliphatic heterocycles. The number of phenolic OH excluding ortho intramolecular Hbond substituents is 1. The van der Waals surface area contributed by atoms with Gasteiger partial charge in [0.2, 0.25) is 0 Å². The summed E-state index contributed by atoms with van der Waals surface area (Å²) < 4.78 is 0. The maximum absolute atomic E-state index is 11.6. The van der Waals surface area contributed by atoms with Crippen LogP contribution >= 0.6 is 0 Å². The van der Waals surface area contributed by atoms with Crippen molar-refractivity contribution in [1.29, 1.82) is 0 Å². The number of rotatable bonds is 5. The second-order valence-electron chi connectivity index (χ2n) is 11.7. The quantitative estimate of drug-likeness (QED) is 0.326. The van der Waals surface area contributed by atoms with Crippen molar-refractivity contribution in [2.75, 3.05) is 5.73 Å². The van der Waals surface area contributed by atoms with E-state index in [0.29, 0.717) is 16.9 Å². The lowest BCUT2D eigenvalue weighted by atomic mass is 9.70. The SMILES string of the molecule is CC(C)(C)CC(C)(C)c1cc(C(C)(C)c2ccccc2)cc(-n2nc3ccc(N)cc3n2)c1O. The molecule has 0 saturated carbocycles. The molecule has 34 heavy (non-hydrogen) atoms. The number of benzene rings is 3. The molecule has 0 unspecified atom stereocenters. The van der Waals surface area contributed by atoms with Crippen LogP contribution < -0.4 is 5.73 Å². The van der Waals surface area contributed by atoms with E-state index >= 15 is 0 Å². The number of fused-ring (bicyclic) bond motifs is 1. The highest BCUT2D eigenvalue weighted by Crippen LogP contribution is 2.45. The van der Waals surface area contributed by atoms with E-state index in [-0.39, 0.29) is 22.0 Å². The lowest BCUT2D eigenvalue weighted by Gasteiger charge is -2.35. The van der Waals surface area contributed by atoms with Crippen molar-refractivity contribution in [3.63, 3.8) is 0 Å². The third-order valence-corrected chi connectivity index (χ3v) is 6.63. The molecule has 0 aliphatic carbocycles. The van der Waals surface area contributed by atoms with Gasteiger partial charge in [0.1, 0.15) is 22.5 Å². The molecule has 4 aromatic rings. The molecule has 0 atom stereocenters. The van der Waals surface area contributed by atoms with E-state index in [4.69, 9.17) is 5.73 Å². The first-order valence-corrected chi connectivity index (χ1v) is 11.8. The van der Waals surface area contributed by atoms with E-state index in [9.17, 15) is 5.11 Å². The molecule has 0 fully saturated rings. The molecule has 178 valence electrons. The van der Waals surface area contributed by atoms with Crippen LogP contribution in [0.5, 0.6) is 5.75 Å². The summed E-state index contributed by atoms with van der Waals surface area (Å²) in [7, 11) is 0. The van der Waals surface area contributed by atoms with E-state index in [0.717, 1.165) is 23.1 Å². The molecular formula is C29H36N4O. The zero-order valence-corrected chi connectivity index (χ0v) is 21.3. The normalized spacial score (nSPS) is 12.9. The fourth-order valence-electron chi connectivity index (χ4n) is 5.13. The summed E-state index contributed by atoms with van der Waals surface area (Å²) in [5.41, 5.74) is 11.4. The van der Waals surface area contributed by atoms with Gasteiger partial charge < -0.3 is 10.8 Å². The van der Waals surface area contributed by atoms with E-state index in [2.05, 4.69) is 89.0 Å². The monoisotopic (exact) mass is 456 g/mol. The minimum atomic E-state index is -0.284. The van der Waals surface area contributed by atoms with Crippen LogP contribution in [0, 0.1) is 5.41 Å². The highest BCUT2D eigenvalue weighted by Gasteiger charge is 2.34. The van der Waals surface area contributed by atoms with E-state index < -0.39 is 0 Å². The van der Waals surface area contributed by atoms with Gasteiger partial charge in [-0.25, -0.2) is 0 Å². The lowest BCUT2D eigenvalue weighted by molar-refractivity contribution is 0.278. The summed E-state index contributed by atoms with van der Waals surface area (Å²) in [6.07, 6.45) is 0.910. The smallest absolute Gasteiger partial charge is 0.146 e. The van der Waals surface area contributed by atoms with Crippen LogP contribution in [-0.2, 0) is 10.8 Å². The maximum Gasteiger partial charge on any atom is 0.146 e. The van der Waals surface area contributed by atoms with Crippen LogP contribution in [-0.4, -0.2) is 20.1 Å². The van der Waals surface area contributed by atoms with Crippen molar-refractivity contribution in [3.8, 4) is 11.4 Å². The van der Waals surface area contributed by atoms with E-state index in [1.165, 1.54) is 5.56 Å². The van der Waals surface area contributed by atoms with Crippen molar-refractivity contribution >= 4 is 16.7 Å². The summed E-state index contributed by atoms with van der Waals surface area (Å²) in [5.74, 6) is 0.218. The van der Waals surface area contributed by atoms with Crippen molar-refractivity contribution in [3.05, 3.63) is 77.4 Å². The Morgan fingerprint density at radius 2 is 1.44 bits per heavy atom. The van der Waals surface area contributed by atoms with E-state index in [1.807, 2.05) is 24.3 Å². The van der Waals surface area contributed by atoms with Crippen molar-refractivity contribution in [2.45, 2.75) is 65.7 Å². The highest BCUT2D eigenvalue weighted by atomic mass is 16.3. The van der Waals surface area contributed by atoms with Crippen LogP contribution in [0.3, 0.4) is 0 Å². The molecule has 0 bridgehead atoms. The molecule has 1 heterocycles. The van der Waals surface area contributed by atoms with Gasteiger partial charge in [-0.1, -0.05) is 84.9 Å². The zero-order chi connectivity index (χ0) is 24.9. The zero-order valence-electron chi connectivity index (χ0n) is 21.3. The molecule has 0 radical (unpaired) electrons. The average molecular weight is 457 g/mol. The molecule has 3 aromatic carbocycles. The number of nitrogens with zero attached hydrogens (tertiary/aromatic N) is 3. The third-order valence-electron chi connectivity index (χ3n) is 6.63. The van der Waals surface area contributed by atoms with Gasteiger partial charge in [-0.3, -0.25) is 0 Å². The lowest BCUT2D eigenvalue weighted by Crippen LogP contribution is -2.27. The van der Waals surface area contributed by atoms with Crippen molar-refractivity contribution in [2.24, 2.45) is 5.41 Å². The average Bonchev–Trinajstić information content (AvgIpc) is 3.15. The van der Waals surface area contributed by atoms with Crippen LogP contribution in [0.4, 0.5) is 5.69 Å². The van der Waals surface area contributed by atoms with Gasteiger partial charge in [0.15, 0.2) is 0 Å². The first-order chi connectivity index (χ1) is 15.8. The predicted octanol–water partition coefficient (Wildman–Crippen LogP) is 6.75. The number of aromatic nitrogens is 3. The number of nitrogen functional groups attached to an aromatic ring is 1. The Hall–Kier alpha value is -3.34. The minimum Gasteiger partial charge on any atom is -0.505 e. The Balaban J connectivity index is 1.97. The molecule has 0 spiro atoms. The van der Waals surface area contributed by atoms with Gasteiger partial charge in [-0.05, 0) is 52.6 Å². The third kappa shape index (κ3) is 4.52. The molecule has 5 nitrogen and oxygen atoms in total. The Labute approximate surface area is 202 Å². The summed E-state index contributed by atoms with van der Waals surface area (Å²) in [6, 6.07) is 20.1. The van der Waals surface area contributed by atoms with Gasteiger partial charge in [0, 0.05) is 16.7 Å². The molecule has 3 N–H and O–H groups in total. The summed E-state index contributed by atoms with van der Waals surface area (Å²) in [6.45, 7) is 15.5. The maximum atomic E-state index is 11.6. The van der Waals surface area contributed by atoms with Crippen molar-refractivity contribution in [1.82, 2.24) is 15.0 Å². The minimum absolute atomic E-state index is 0.0945. The van der Waals surface area contributed by atoms with Gasteiger partial charge in [0.25, 0.3) is 0 Å². The summed E-state index contributed by atoms with van der Waals surface area (Å²) in [4.78, 5) is 1.54. The van der Waals surface area contributed by atoms with Crippen LogP contribution in [0.1, 0.15) is 71.6 Å². The van der Waals surface area contributed by atoms with Crippen LogP contribution in [0.25, 0.3) is 16.7 Å². The van der Waals surface area contributed by atoms with Crippen LogP contribution in [0.15, 0.2) is 60.7 Å². The van der Waals surface area contributed by atoms with Crippen LogP contribution in [0.2, 0.25) is 0 Å². The fourth-order valence-corrected chi connectivity index (χ4v) is 5.13. The largest absolute Gasteiger partial charge is 0.505 e. The van der Waals surface area contributed by atoms with Crippen molar-refractivity contribution < 1.29 is 5.11 Å². The van der Waals surface area contributed by atoms with Gasteiger partial charge in [0.05, 0.1) is 0 Å². The Kier molecular flexibility index (Phi) is 5.71. The first-order valence-electron chi connectivity index (χ1n) is 11.8. The Bertz CT molecular complexity index is 1330. The second kappa shape index (κ2) is 8.15. The molecule has 0 saturated heterocycles. The molecule has 4 rings (SSSR count). The number of hydrogen-bond acceptors (Lipinski definition) is 4. The van der Waals surface area contributed by atoms with Gasteiger partial charge >= 0.3 is 0 Å². The van der Waals surface area contributed by atoms with E-state index in [1.54, 1.807) is 10.9 Å². The molecule has 1 aromatic heterocycles. The number of nitrogens with two attached hydrogens (primary N) is 1. The first kappa shape index (κ1) is 23.8. The molecular weight excluding hydrogens is 420 g/mol. The van der Waals surface area contributed by atoms with Gasteiger partial charge in [-0.2, -0.15) is 0 Å². The number of hydrogen-bond donors (Lipinski definition) is 2. The Morgan fingerprint density at radius 1 is 0.794 bits per heavy atom. The topological polar surface area (TPSA) is 77.0 Å². The number of aromatic hydroxyl groups is 1. The number of phenols is 1. The molecule has 5 heteroatoms. The Morgan fingerprint density at radius 3 is 2.09 bits per heavy atom. The standard InChI is InChI=1S/C29H36N4O/c1-27(2,3)18-28(4,5)22-15-20(29(6,7)19-11-9-8-10-12-19)16-25(26(22)34)33-31-23-14-13-21(30)17-24(23)32-33/h8-17,34H,18,30H2,1-7H3. The summed E-state index contributed by atoms with van der Waals surface area (Å²) in [5, 5.41) is 20.9. The number of anilines is 1. The fraction of sp³-hybridized carbons (Fsp3) is 0.379. The second-order valence-corrected chi connectivity index (χ2v) is 11.7. The molecule has 0 aliphatic rings. The predicted molar refractivity (Wildman–Crippen MR) is 141 cm³/mol. The summed E-state index contributed by atoms with van der Waals surface area (Å²) >= 11 is 0.